The van der Waals surface area contributed by atoms with Gasteiger partial charge < -0.3 is 5.11 Å². The molecule has 0 aliphatic heterocycles. The molecule has 10 heteroatoms. The predicted octanol–water partition coefficient (Wildman–Crippen LogP) is 2.98. The van der Waals surface area contributed by atoms with Crippen LogP contribution in [0.4, 0.5) is 13.2 Å². The lowest BCUT2D eigenvalue weighted by Crippen LogP contribution is -2.12. The Balaban J connectivity index is 2.78. The zero-order valence-corrected chi connectivity index (χ0v) is 11.9. The van der Waals surface area contributed by atoms with Crippen LogP contribution in [-0.4, -0.2) is 25.1 Å². The van der Waals surface area contributed by atoms with Crippen LogP contribution in [0.5, 0.6) is 0 Å². The van der Waals surface area contributed by atoms with Crippen LogP contribution >= 0.6 is 11.6 Å². The summed E-state index contributed by atoms with van der Waals surface area (Å²) in [6, 6.07) is 2.89. The highest BCUT2D eigenvalue weighted by Crippen LogP contribution is 2.36. The van der Waals surface area contributed by atoms with Gasteiger partial charge in [0.15, 0.2) is 11.5 Å². The normalized spacial score (nSPS) is 13.4. The molecule has 2 N–H and O–H groups in total. The van der Waals surface area contributed by atoms with Gasteiger partial charge in [-0.25, -0.2) is 19.8 Å². The van der Waals surface area contributed by atoms with Crippen molar-refractivity contribution in [1.29, 1.82) is 0 Å². The zero-order chi connectivity index (χ0) is 16.5. The van der Waals surface area contributed by atoms with E-state index in [-0.39, 0.29) is 22.8 Å². The van der Waals surface area contributed by atoms with Crippen LogP contribution in [-0.2, 0) is 17.5 Å². The van der Waals surface area contributed by atoms with Crippen molar-refractivity contribution in [2.45, 2.75) is 25.8 Å². The van der Waals surface area contributed by atoms with E-state index in [0.29, 0.717) is 4.68 Å². The second-order valence-corrected chi connectivity index (χ2v) is 4.65. The van der Waals surface area contributed by atoms with E-state index in [0.717, 1.165) is 0 Å². The van der Waals surface area contributed by atoms with Crippen LogP contribution in [0.2, 0.25) is 5.02 Å². The summed E-state index contributed by atoms with van der Waals surface area (Å²) in [5.41, 5.74) is -1.92. The molecule has 0 bridgehead atoms. The second kappa shape index (κ2) is 6.21. The maximum atomic E-state index is 13.1. The van der Waals surface area contributed by atoms with Crippen LogP contribution < -0.4 is 0 Å². The number of hydrogen-bond acceptors (Lipinski definition) is 5. The lowest BCUT2D eigenvalue weighted by molar-refractivity contribution is -0.340. The number of hydrogen-bond donors (Lipinski definition) is 2. The maximum Gasteiger partial charge on any atom is 0.435 e. The van der Waals surface area contributed by atoms with Crippen molar-refractivity contribution in [2.75, 3.05) is 0 Å². The minimum absolute atomic E-state index is 0.0211. The first-order chi connectivity index (χ1) is 10.3. The Morgan fingerprint density at radius 3 is 2.64 bits per heavy atom. The van der Waals surface area contributed by atoms with E-state index in [1.54, 1.807) is 0 Å². The largest absolute Gasteiger partial charge is 0.435 e. The maximum absolute atomic E-state index is 13.1. The lowest BCUT2D eigenvalue weighted by Gasteiger charge is -2.12. The third-order valence-electron chi connectivity index (χ3n) is 2.92. The lowest BCUT2D eigenvalue weighted by atomic mass is 10.1. The third kappa shape index (κ3) is 2.93. The van der Waals surface area contributed by atoms with E-state index in [1.165, 1.54) is 25.3 Å². The van der Waals surface area contributed by atoms with Crippen molar-refractivity contribution >= 4 is 11.6 Å². The molecular weight excluding hydrogens is 327 g/mol. The summed E-state index contributed by atoms with van der Waals surface area (Å²) in [5.74, 6) is -0.125. The molecule has 0 amide bonds. The fraction of sp³-hybridized carbons (Fsp3) is 0.333. The van der Waals surface area contributed by atoms with Crippen molar-refractivity contribution in [1.82, 2.24) is 14.8 Å². The molecule has 2 rings (SSSR count). The second-order valence-electron chi connectivity index (χ2n) is 4.24. The van der Waals surface area contributed by atoms with E-state index in [9.17, 15) is 18.3 Å². The monoisotopic (exact) mass is 337 g/mol. The van der Waals surface area contributed by atoms with Crippen molar-refractivity contribution < 1.29 is 28.4 Å². The zero-order valence-electron chi connectivity index (χ0n) is 11.2. The van der Waals surface area contributed by atoms with Gasteiger partial charge in [0.2, 0.25) is 6.29 Å². The van der Waals surface area contributed by atoms with Crippen LogP contribution in [0, 0.1) is 0 Å². The Labute approximate surface area is 127 Å². The molecule has 120 valence electrons. The van der Waals surface area contributed by atoms with Crippen LogP contribution in [0.1, 0.15) is 30.2 Å². The standard InChI is InChI=1S/C12H11ClF3N3O3/c1-2-6-8(11(20)22-21)19(18-9(6)12(14,15)16)10-7(13)4-3-5-17-10/h3-5,11,20-21H,2H2,1H3. The smallest absolute Gasteiger partial charge is 0.361 e. The van der Waals surface area contributed by atoms with Gasteiger partial charge >= 0.3 is 6.18 Å². The predicted molar refractivity (Wildman–Crippen MR) is 69.4 cm³/mol. The van der Waals surface area contributed by atoms with Gasteiger partial charge in [0.05, 0.1) is 5.02 Å². The fourth-order valence-electron chi connectivity index (χ4n) is 2.04. The van der Waals surface area contributed by atoms with Gasteiger partial charge in [0, 0.05) is 11.8 Å². The van der Waals surface area contributed by atoms with Crippen molar-refractivity contribution in [3.63, 3.8) is 0 Å². The van der Waals surface area contributed by atoms with E-state index in [2.05, 4.69) is 15.0 Å². The van der Waals surface area contributed by atoms with Gasteiger partial charge in [-0.05, 0) is 18.6 Å². The summed E-state index contributed by atoms with van der Waals surface area (Å²) < 4.78 is 40.0. The molecule has 0 radical (unpaired) electrons. The van der Waals surface area contributed by atoms with E-state index >= 15 is 0 Å². The molecule has 0 saturated carbocycles. The average molecular weight is 338 g/mol. The van der Waals surface area contributed by atoms with Crippen LogP contribution in [0.3, 0.4) is 0 Å². The molecule has 2 aromatic heterocycles. The SMILES string of the molecule is CCc1c(C(F)(F)F)nn(-c2ncccc2Cl)c1C(O)OO. The molecule has 1 unspecified atom stereocenters. The Morgan fingerprint density at radius 2 is 2.14 bits per heavy atom. The van der Waals surface area contributed by atoms with Gasteiger partial charge in [-0.1, -0.05) is 18.5 Å². The molecule has 2 heterocycles. The summed E-state index contributed by atoms with van der Waals surface area (Å²) >= 11 is 5.91. The van der Waals surface area contributed by atoms with Gasteiger partial charge in [0.1, 0.15) is 5.69 Å². The van der Waals surface area contributed by atoms with E-state index in [4.69, 9.17) is 16.9 Å². The van der Waals surface area contributed by atoms with E-state index in [1.807, 2.05) is 0 Å². The van der Waals surface area contributed by atoms with Crippen molar-refractivity contribution in [2.24, 2.45) is 0 Å². The van der Waals surface area contributed by atoms with Gasteiger partial charge in [-0.15, -0.1) is 0 Å². The van der Waals surface area contributed by atoms with Gasteiger partial charge in [0.25, 0.3) is 0 Å². The molecule has 0 fully saturated rings. The summed E-state index contributed by atoms with van der Waals surface area (Å²) in [4.78, 5) is 7.61. The topological polar surface area (TPSA) is 80.4 Å². The highest BCUT2D eigenvalue weighted by molar-refractivity contribution is 6.32. The summed E-state index contributed by atoms with van der Waals surface area (Å²) in [6.07, 6.45) is -5.58. The first-order valence-electron chi connectivity index (χ1n) is 6.09. The van der Waals surface area contributed by atoms with Crippen LogP contribution in [0.15, 0.2) is 18.3 Å². The summed E-state index contributed by atoms with van der Waals surface area (Å²) in [7, 11) is 0. The number of alkyl halides is 3. The number of aromatic nitrogens is 3. The number of halogens is 4. The molecule has 0 aliphatic rings. The third-order valence-corrected chi connectivity index (χ3v) is 3.21. The summed E-state index contributed by atoms with van der Waals surface area (Å²) in [5, 5.41) is 21.8. The van der Waals surface area contributed by atoms with Crippen molar-refractivity contribution in [3.05, 3.63) is 40.3 Å². The fourth-order valence-corrected chi connectivity index (χ4v) is 2.24. The number of nitrogens with zero attached hydrogens (tertiary/aromatic N) is 3. The van der Waals surface area contributed by atoms with Gasteiger partial charge in [-0.2, -0.15) is 18.3 Å². The number of aliphatic hydroxyl groups is 1. The van der Waals surface area contributed by atoms with Gasteiger partial charge in [-0.3, -0.25) is 0 Å². The quantitative estimate of drug-likeness (QED) is 0.509. The molecule has 0 aromatic carbocycles. The molecule has 22 heavy (non-hydrogen) atoms. The molecule has 2 aromatic rings. The molecular formula is C12H11ClF3N3O3. The average Bonchev–Trinajstić information content (AvgIpc) is 2.86. The van der Waals surface area contributed by atoms with Crippen LogP contribution in [0.25, 0.3) is 5.82 Å². The highest BCUT2D eigenvalue weighted by atomic mass is 35.5. The minimum atomic E-state index is -4.75. The number of pyridine rings is 1. The Kier molecular flexibility index (Phi) is 4.71. The highest BCUT2D eigenvalue weighted by Gasteiger charge is 2.40. The number of rotatable bonds is 4. The van der Waals surface area contributed by atoms with Crippen molar-refractivity contribution in [3.8, 4) is 5.82 Å². The first-order valence-corrected chi connectivity index (χ1v) is 6.47. The minimum Gasteiger partial charge on any atom is -0.361 e. The Bertz CT molecular complexity index is 675. The number of aliphatic hydroxyl groups excluding tert-OH is 1. The first kappa shape index (κ1) is 16.7. The molecule has 6 nitrogen and oxygen atoms in total. The summed E-state index contributed by atoms with van der Waals surface area (Å²) in [6.45, 7) is 1.45. The molecule has 1 atom stereocenters. The molecule has 0 aliphatic carbocycles. The Morgan fingerprint density at radius 1 is 1.45 bits per heavy atom. The molecule has 0 saturated heterocycles. The Hall–Kier alpha value is -1.68. The molecule has 0 spiro atoms. The van der Waals surface area contributed by atoms with E-state index < -0.39 is 23.9 Å².